The molecule has 9 nitrogen and oxygen atoms in total. The molecule has 0 aliphatic heterocycles. The molecule has 1 N–H and O–H groups in total. The van der Waals surface area contributed by atoms with Crippen molar-refractivity contribution in [3.05, 3.63) is 40.1 Å². The first-order valence-electron chi connectivity index (χ1n) is 8.10. The van der Waals surface area contributed by atoms with Crippen LogP contribution in [0.25, 0.3) is 0 Å². The lowest BCUT2D eigenvalue weighted by molar-refractivity contribution is -0.116. The number of aryl methyl sites for hydroxylation is 3. The van der Waals surface area contributed by atoms with E-state index in [2.05, 4.69) is 26.3 Å². The molecule has 2 rings (SSSR count). The Hall–Kier alpha value is -1.92. The van der Waals surface area contributed by atoms with Crippen LogP contribution in [0.15, 0.2) is 28.7 Å². The molecule has 0 saturated heterocycles. The second-order valence-corrected chi connectivity index (χ2v) is 11.1. The van der Waals surface area contributed by atoms with Gasteiger partial charge in [0.1, 0.15) is 0 Å². The minimum atomic E-state index is -4.06. The van der Waals surface area contributed by atoms with E-state index < -0.39 is 20.0 Å². The number of aromatic nitrogens is 2. The SMILES string of the molecule is Cc1cc(C)n(CCC(=O)Nc2ccc(N(S(C)(=O)=O)S(C)(=O)=O)c(Br)c2)n1. The zero-order valence-electron chi connectivity index (χ0n) is 15.8. The number of sulfonamides is 2. The molecule has 0 unspecified atom stereocenters. The summed E-state index contributed by atoms with van der Waals surface area (Å²) in [6.07, 6.45) is 1.80. The van der Waals surface area contributed by atoms with Crippen LogP contribution < -0.4 is 9.03 Å². The van der Waals surface area contributed by atoms with E-state index in [-0.39, 0.29) is 22.5 Å². The molecule has 1 aromatic heterocycles. The Morgan fingerprint density at radius 1 is 1.14 bits per heavy atom. The Labute approximate surface area is 173 Å². The second kappa shape index (κ2) is 8.21. The van der Waals surface area contributed by atoms with Gasteiger partial charge in [-0.15, -0.1) is 0 Å². The van der Waals surface area contributed by atoms with E-state index in [4.69, 9.17) is 0 Å². The first kappa shape index (κ1) is 22.4. The quantitative estimate of drug-likeness (QED) is 0.631. The summed E-state index contributed by atoms with van der Waals surface area (Å²) in [6, 6.07) is 6.11. The molecule has 0 aliphatic carbocycles. The number of nitrogens with zero attached hydrogens (tertiary/aromatic N) is 3. The smallest absolute Gasteiger partial charge is 0.245 e. The van der Waals surface area contributed by atoms with E-state index in [0.717, 1.165) is 23.9 Å². The van der Waals surface area contributed by atoms with Crippen molar-refractivity contribution in [1.82, 2.24) is 9.78 Å². The molecule has 0 saturated carbocycles. The van der Waals surface area contributed by atoms with Crippen LogP contribution in [0.1, 0.15) is 17.8 Å². The topological polar surface area (TPSA) is 118 Å². The third-order valence-electron chi connectivity index (χ3n) is 3.68. The zero-order chi connectivity index (χ0) is 21.3. The Bertz CT molecular complexity index is 1080. The maximum atomic E-state index is 12.2. The maximum absolute atomic E-state index is 12.2. The Kier molecular flexibility index (Phi) is 6.56. The fourth-order valence-electron chi connectivity index (χ4n) is 2.67. The van der Waals surface area contributed by atoms with Gasteiger partial charge in [0.25, 0.3) is 0 Å². The lowest BCUT2D eigenvalue weighted by Gasteiger charge is -2.21. The number of hydrogen-bond acceptors (Lipinski definition) is 6. The number of amides is 1. The van der Waals surface area contributed by atoms with Gasteiger partial charge in [0.2, 0.25) is 26.0 Å². The molecular weight excluding hydrogens is 472 g/mol. The van der Waals surface area contributed by atoms with Crippen LogP contribution in [0.5, 0.6) is 0 Å². The molecule has 0 aliphatic rings. The van der Waals surface area contributed by atoms with Crippen molar-refractivity contribution in [2.75, 3.05) is 21.5 Å². The van der Waals surface area contributed by atoms with Crippen LogP contribution in [-0.2, 0) is 31.4 Å². The van der Waals surface area contributed by atoms with Crippen molar-refractivity contribution < 1.29 is 21.6 Å². The predicted molar refractivity (Wildman–Crippen MR) is 111 cm³/mol. The Balaban J connectivity index is 2.15. The van der Waals surface area contributed by atoms with Crippen LogP contribution >= 0.6 is 15.9 Å². The summed E-state index contributed by atoms with van der Waals surface area (Å²) in [5.41, 5.74) is 2.17. The number of carbonyl (C=O) groups excluding carboxylic acids is 1. The number of nitrogens with one attached hydrogen (secondary N) is 1. The van der Waals surface area contributed by atoms with Gasteiger partial charge in [0.05, 0.1) is 23.9 Å². The summed E-state index contributed by atoms with van der Waals surface area (Å²) in [7, 11) is -8.11. The molecule has 154 valence electrons. The van der Waals surface area contributed by atoms with E-state index in [1.54, 1.807) is 4.68 Å². The van der Waals surface area contributed by atoms with Crippen molar-refractivity contribution in [3.8, 4) is 0 Å². The average Bonchev–Trinajstić information content (AvgIpc) is 2.83. The van der Waals surface area contributed by atoms with E-state index in [1.165, 1.54) is 18.2 Å². The van der Waals surface area contributed by atoms with Gasteiger partial charge in [-0.2, -0.15) is 8.81 Å². The van der Waals surface area contributed by atoms with Gasteiger partial charge < -0.3 is 5.32 Å². The fraction of sp³-hybridized carbons (Fsp3) is 0.375. The van der Waals surface area contributed by atoms with E-state index in [1.807, 2.05) is 19.9 Å². The summed E-state index contributed by atoms with van der Waals surface area (Å²) in [6.45, 7) is 4.20. The molecule has 0 radical (unpaired) electrons. The molecule has 1 heterocycles. The van der Waals surface area contributed by atoms with E-state index in [0.29, 0.717) is 15.9 Å². The van der Waals surface area contributed by atoms with Crippen LogP contribution in [0.2, 0.25) is 0 Å². The number of benzene rings is 1. The van der Waals surface area contributed by atoms with Gasteiger partial charge in [0.15, 0.2) is 0 Å². The van der Waals surface area contributed by atoms with Crippen LogP contribution in [0, 0.1) is 13.8 Å². The van der Waals surface area contributed by atoms with Gasteiger partial charge in [-0.1, -0.05) is 0 Å². The van der Waals surface area contributed by atoms with Gasteiger partial charge in [-0.05, 0) is 54.0 Å². The van der Waals surface area contributed by atoms with Gasteiger partial charge >= 0.3 is 0 Å². The summed E-state index contributed by atoms with van der Waals surface area (Å²) in [5, 5.41) is 6.99. The van der Waals surface area contributed by atoms with Crippen LogP contribution in [0.3, 0.4) is 0 Å². The highest BCUT2D eigenvalue weighted by Crippen LogP contribution is 2.32. The van der Waals surface area contributed by atoms with Crippen LogP contribution in [-0.4, -0.2) is 45.0 Å². The van der Waals surface area contributed by atoms with Crippen molar-refractivity contribution in [1.29, 1.82) is 0 Å². The van der Waals surface area contributed by atoms with Gasteiger partial charge in [-0.3, -0.25) is 9.48 Å². The monoisotopic (exact) mass is 492 g/mol. The number of halogens is 1. The molecule has 0 bridgehead atoms. The number of hydrogen-bond donors (Lipinski definition) is 1. The molecule has 0 spiro atoms. The number of carbonyl (C=O) groups is 1. The summed E-state index contributed by atoms with van der Waals surface area (Å²) >= 11 is 3.17. The largest absolute Gasteiger partial charge is 0.326 e. The molecule has 2 aromatic rings. The highest BCUT2D eigenvalue weighted by Gasteiger charge is 2.29. The Morgan fingerprint density at radius 3 is 2.21 bits per heavy atom. The lowest BCUT2D eigenvalue weighted by atomic mass is 10.2. The molecule has 1 amide bonds. The van der Waals surface area contributed by atoms with Crippen molar-refractivity contribution in [2.24, 2.45) is 0 Å². The third-order valence-corrected chi connectivity index (χ3v) is 7.54. The maximum Gasteiger partial charge on any atom is 0.245 e. The number of anilines is 2. The van der Waals surface area contributed by atoms with Crippen molar-refractivity contribution in [2.45, 2.75) is 26.8 Å². The van der Waals surface area contributed by atoms with Crippen LogP contribution in [0.4, 0.5) is 11.4 Å². The fourth-order valence-corrected chi connectivity index (χ4v) is 6.46. The summed E-state index contributed by atoms with van der Waals surface area (Å²) in [4.78, 5) is 12.2. The molecule has 12 heteroatoms. The minimum Gasteiger partial charge on any atom is -0.326 e. The predicted octanol–water partition coefficient (Wildman–Crippen LogP) is 2.02. The normalized spacial score (nSPS) is 12.0. The molecule has 0 fully saturated rings. The highest BCUT2D eigenvalue weighted by atomic mass is 79.9. The summed E-state index contributed by atoms with van der Waals surface area (Å²) in [5.74, 6) is -0.254. The van der Waals surface area contributed by atoms with E-state index >= 15 is 0 Å². The molecule has 1 aromatic carbocycles. The first-order chi connectivity index (χ1) is 12.8. The second-order valence-electron chi connectivity index (χ2n) is 6.34. The molecule has 0 atom stereocenters. The van der Waals surface area contributed by atoms with Gasteiger partial charge in [0, 0.05) is 28.8 Å². The van der Waals surface area contributed by atoms with E-state index in [9.17, 15) is 21.6 Å². The Morgan fingerprint density at radius 2 is 1.75 bits per heavy atom. The average molecular weight is 493 g/mol. The molecule has 28 heavy (non-hydrogen) atoms. The van der Waals surface area contributed by atoms with Crippen molar-refractivity contribution in [3.63, 3.8) is 0 Å². The van der Waals surface area contributed by atoms with Crippen molar-refractivity contribution >= 4 is 53.3 Å². The summed E-state index contributed by atoms with van der Waals surface area (Å²) < 4.78 is 49.8. The standard InChI is InChI=1S/C16H21BrN4O5S2/c1-11-9-12(2)20(19-11)8-7-16(22)18-13-5-6-15(14(17)10-13)21(27(3,23)24)28(4,25)26/h5-6,9-10H,7-8H2,1-4H3,(H,18,22). The minimum absolute atomic E-state index is 0.0642. The first-order valence-corrected chi connectivity index (χ1v) is 12.6. The third kappa shape index (κ3) is 5.55. The lowest BCUT2D eigenvalue weighted by Crippen LogP contribution is -2.35. The zero-order valence-corrected chi connectivity index (χ0v) is 19.0. The van der Waals surface area contributed by atoms with Gasteiger partial charge in [-0.25, -0.2) is 16.8 Å². The molecular formula is C16H21BrN4O5S2. The highest BCUT2D eigenvalue weighted by molar-refractivity contribution is 9.10. The number of rotatable bonds is 7.